The van der Waals surface area contributed by atoms with E-state index in [0.29, 0.717) is 29.7 Å². The number of amides is 1. The maximum absolute atomic E-state index is 12.8. The monoisotopic (exact) mass is 422 g/mol. The van der Waals surface area contributed by atoms with Crippen LogP contribution in [0.2, 0.25) is 0 Å². The number of hydrogen-bond donors (Lipinski definition) is 0. The summed E-state index contributed by atoms with van der Waals surface area (Å²) in [6, 6.07) is 12.2. The van der Waals surface area contributed by atoms with Crippen molar-refractivity contribution < 1.29 is 23.5 Å². The summed E-state index contributed by atoms with van der Waals surface area (Å²) in [5.74, 6) is -0.784. The summed E-state index contributed by atoms with van der Waals surface area (Å²) >= 11 is 0. The lowest BCUT2D eigenvalue weighted by molar-refractivity contribution is -0.143. The van der Waals surface area contributed by atoms with Crippen LogP contribution >= 0.6 is 0 Å². The van der Waals surface area contributed by atoms with Crippen molar-refractivity contribution in [2.24, 2.45) is 0 Å². The van der Waals surface area contributed by atoms with Gasteiger partial charge in [-0.25, -0.2) is 4.79 Å². The molecule has 1 aliphatic carbocycles. The number of ketones is 1. The Hall–Kier alpha value is -3.40. The predicted molar refractivity (Wildman–Crippen MR) is 113 cm³/mol. The first-order valence-corrected chi connectivity index (χ1v) is 10.4. The zero-order valence-electron chi connectivity index (χ0n) is 18.0. The molecule has 1 fully saturated rings. The van der Waals surface area contributed by atoms with Gasteiger partial charge in [0.2, 0.25) is 5.76 Å². The van der Waals surface area contributed by atoms with Crippen LogP contribution in [0.3, 0.4) is 0 Å². The van der Waals surface area contributed by atoms with Crippen molar-refractivity contribution >= 4 is 17.7 Å². The molecule has 1 saturated carbocycles. The highest BCUT2D eigenvalue weighted by molar-refractivity contribution is 5.94. The fourth-order valence-corrected chi connectivity index (χ4v) is 3.88. The van der Waals surface area contributed by atoms with E-state index < -0.39 is 23.5 Å². The second-order valence-corrected chi connectivity index (χ2v) is 7.95. The van der Waals surface area contributed by atoms with Gasteiger partial charge in [-0.05, 0) is 38.8 Å². The molecule has 2 aromatic rings. The van der Waals surface area contributed by atoms with Crippen LogP contribution in [-0.4, -0.2) is 41.3 Å². The van der Waals surface area contributed by atoms with Crippen molar-refractivity contribution in [1.82, 2.24) is 4.90 Å². The van der Waals surface area contributed by atoms with Gasteiger partial charge in [-0.2, -0.15) is 5.26 Å². The summed E-state index contributed by atoms with van der Waals surface area (Å²) in [6.45, 7) is 2.98. The Bertz CT molecular complexity index is 1010. The van der Waals surface area contributed by atoms with Crippen LogP contribution in [0, 0.1) is 11.3 Å². The quantitative estimate of drug-likeness (QED) is 0.506. The van der Waals surface area contributed by atoms with Crippen LogP contribution in [0.1, 0.15) is 66.9 Å². The Morgan fingerprint density at radius 1 is 1.10 bits per heavy atom. The number of rotatable bonds is 6. The Morgan fingerprint density at radius 3 is 2.32 bits per heavy atom. The van der Waals surface area contributed by atoms with Crippen LogP contribution in [0.5, 0.6) is 0 Å². The highest BCUT2D eigenvalue weighted by Gasteiger charge is 2.41. The summed E-state index contributed by atoms with van der Waals surface area (Å²) in [5, 5.41) is 9.68. The maximum atomic E-state index is 12.8. The summed E-state index contributed by atoms with van der Waals surface area (Å²) in [6.07, 6.45) is 3.03. The molecule has 0 unspecified atom stereocenters. The minimum atomic E-state index is -1.05. The van der Waals surface area contributed by atoms with E-state index in [-0.39, 0.29) is 11.5 Å². The predicted octanol–water partition coefficient (Wildman–Crippen LogP) is 4.38. The van der Waals surface area contributed by atoms with Crippen LogP contribution in [0.4, 0.5) is 0 Å². The Morgan fingerprint density at radius 2 is 1.74 bits per heavy atom. The molecule has 3 rings (SSSR count). The maximum Gasteiger partial charge on any atom is 0.375 e. The minimum Gasteiger partial charge on any atom is -0.449 e. The fraction of sp³-hybridized carbons (Fsp3) is 0.417. The molecule has 0 radical (unpaired) electrons. The third kappa shape index (κ3) is 4.69. The molecule has 1 heterocycles. The lowest BCUT2D eigenvalue weighted by Gasteiger charge is -2.39. The second-order valence-electron chi connectivity index (χ2n) is 7.95. The molecular weight excluding hydrogens is 396 g/mol. The largest absolute Gasteiger partial charge is 0.449 e. The number of Topliss-reactive ketones (excluding diaryl/α,β-unsaturated/α-hetero) is 1. The average Bonchev–Trinajstić information content (AvgIpc) is 3.29. The van der Waals surface area contributed by atoms with E-state index in [1.54, 1.807) is 37.4 Å². The smallest absolute Gasteiger partial charge is 0.375 e. The number of nitrogens with zero attached hydrogens (tertiary/aromatic N) is 2. The van der Waals surface area contributed by atoms with Crippen molar-refractivity contribution in [3.05, 3.63) is 47.7 Å². The van der Waals surface area contributed by atoms with Gasteiger partial charge in [0.05, 0.1) is 6.07 Å². The third-order valence-electron chi connectivity index (χ3n) is 5.88. The van der Waals surface area contributed by atoms with Crippen molar-refractivity contribution in [3.63, 3.8) is 0 Å². The molecule has 7 nitrogen and oxygen atoms in total. The van der Waals surface area contributed by atoms with E-state index in [1.807, 2.05) is 0 Å². The van der Waals surface area contributed by atoms with E-state index in [2.05, 4.69) is 6.07 Å². The third-order valence-corrected chi connectivity index (χ3v) is 5.88. The van der Waals surface area contributed by atoms with Gasteiger partial charge in [0.15, 0.2) is 11.9 Å². The topological polar surface area (TPSA) is 101 Å². The molecule has 162 valence electrons. The van der Waals surface area contributed by atoms with Gasteiger partial charge in [0.1, 0.15) is 11.3 Å². The lowest BCUT2D eigenvalue weighted by Crippen LogP contribution is -2.53. The molecule has 1 atom stereocenters. The molecule has 0 aliphatic heterocycles. The van der Waals surface area contributed by atoms with Gasteiger partial charge >= 0.3 is 5.97 Å². The number of carbonyl (C=O) groups excluding carboxylic acids is 3. The first-order valence-electron chi connectivity index (χ1n) is 10.4. The van der Waals surface area contributed by atoms with Crippen molar-refractivity contribution in [1.29, 1.82) is 5.26 Å². The molecule has 0 spiro atoms. The van der Waals surface area contributed by atoms with Gasteiger partial charge in [-0.1, -0.05) is 43.5 Å². The van der Waals surface area contributed by atoms with E-state index in [9.17, 15) is 19.6 Å². The number of carbonyl (C=O) groups is 3. The molecule has 1 aromatic carbocycles. The number of benzene rings is 1. The highest BCUT2D eigenvalue weighted by atomic mass is 16.6. The van der Waals surface area contributed by atoms with Crippen LogP contribution in [0.25, 0.3) is 11.3 Å². The molecule has 7 heteroatoms. The normalized spacial score (nSPS) is 16.1. The second kappa shape index (κ2) is 9.17. The van der Waals surface area contributed by atoms with Crippen molar-refractivity contribution in [2.45, 2.75) is 57.6 Å². The van der Waals surface area contributed by atoms with Gasteiger partial charge in [0.25, 0.3) is 5.91 Å². The summed E-state index contributed by atoms with van der Waals surface area (Å²) < 4.78 is 10.9. The van der Waals surface area contributed by atoms with Gasteiger partial charge in [-0.3, -0.25) is 9.59 Å². The number of esters is 1. The lowest BCUT2D eigenvalue weighted by atomic mass is 9.81. The molecule has 0 bridgehead atoms. The number of likely N-dealkylation sites (N-methyl/N-ethyl adjacent to an activating group) is 1. The van der Waals surface area contributed by atoms with Gasteiger partial charge < -0.3 is 14.1 Å². The molecule has 1 aliphatic rings. The number of ether oxygens (including phenoxy) is 1. The standard InChI is InChI=1S/C24H26N2O5/c1-16(27)18-7-9-19(10-8-18)20-11-12-21(31-20)23(29)30-17(2)22(28)26(3)24(15-25)13-5-4-6-14-24/h7-12,17H,4-6,13-14H2,1-3H3/t17-/m0/s1. The zero-order valence-corrected chi connectivity index (χ0v) is 18.0. The van der Waals surface area contributed by atoms with Gasteiger partial charge in [0, 0.05) is 18.2 Å². The SMILES string of the molecule is CC(=O)c1ccc(-c2ccc(C(=O)O[C@@H](C)C(=O)N(C)C3(C#N)CCCCC3)o2)cc1. The molecule has 1 aromatic heterocycles. The van der Waals surface area contributed by atoms with Crippen LogP contribution in [-0.2, 0) is 9.53 Å². The first kappa shape index (κ1) is 22.3. The van der Waals surface area contributed by atoms with Crippen molar-refractivity contribution in [2.75, 3.05) is 7.05 Å². The van der Waals surface area contributed by atoms with Crippen LogP contribution in [0.15, 0.2) is 40.8 Å². The molecular formula is C24H26N2O5. The summed E-state index contributed by atoms with van der Waals surface area (Å²) in [5.41, 5.74) is 0.445. The minimum absolute atomic E-state index is 0.0272. The van der Waals surface area contributed by atoms with E-state index in [0.717, 1.165) is 19.3 Å². The Balaban J connectivity index is 1.66. The molecule has 0 N–H and O–H groups in total. The molecule has 31 heavy (non-hydrogen) atoms. The molecule has 0 saturated heterocycles. The average molecular weight is 422 g/mol. The number of nitriles is 1. The highest BCUT2D eigenvalue weighted by Crippen LogP contribution is 2.33. The Labute approximate surface area is 181 Å². The van der Waals surface area contributed by atoms with Crippen molar-refractivity contribution in [3.8, 4) is 17.4 Å². The fourth-order valence-electron chi connectivity index (χ4n) is 3.88. The summed E-state index contributed by atoms with van der Waals surface area (Å²) in [7, 11) is 1.59. The van der Waals surface area contributed by atoms with E-state index in [4.69, 9.17) is 9.15 Å². The van der Waals surface area contributed by atoms with E-state index >= 15 is 0 Å². The van der Waals surface area contributed by atoms with Gasteiger partial charge in [-0.15, -0.1) is 0 Å². The number of hydrogen-bond acceptors (Lipinski definition) is 6. The van der Waals surface area contributed by atoms with E-state index in [1.165, 1.54) is 24.8 Å². The first-order chi connectivity index (χ1) is 14.8. The van der Waals surface area contributed by atoms with Crippen LogP contribution < -0.4 is 0 Å². The Kier molecular flexibility index (Phi) is 6.59. The summed E-state index contributed by atoms with van der Waals surface area (Å²) in [4.78, 5) is 38.1. The zero-order chi connectivity index (χ0) is 22.6. The molecule has 1 amide bonds. The number of furan rings is 1.